The maximum atomic E-state index is 13.1. The Kier molecular flexibility index (Phi) is 5.12. The zero-order chi connectivity index (χ0) is 21.5. The summed E-state index contributed by atoms with van der Waals surface area (Å²) in [5.41, 5.74) is 1.20. The number of aryl methyl sites for hydroxylation is 2. The molecule has 1 fully saturated rings. The molecule has 0 radical (unpaired) electrons. The summed E-state index contributed by atoms with van der Waals surface area (Å²) < 4.78 is 5.27. The number of imide groups is 1. The normalized spacial score (nSPS) is 18.8. The highest BCUT2D eigenvalue weighted by Gasteiger charge is 2.47. The Bertz CT molecular complexity index is 1210. The van der Waals surface area contributed by atoms with Crippen LogP contribution in [0.25, 0.3) is 11.0 Å². The number of carbonyl (C=O) groups is 2. The van der Waals surface area contributed by atoms with Gasteiger partial charge in [0.2, 0.25) is 0 Å². The van der Waals surface area contributed by atoms with Crippen molar-refractivity contribution in [3.63, 3.8) is 0 Å². The average molecular weight is 425 g/mol. The lowest BCUT2D eigenvalue weighted by atomic mass is 9.93. The molecule has 0 saturated carbocycles. The standard InChI is InChI=1S/C23H21ClN2O4/c1-14-10-19-17(12-18(14)24)16(11-20(27)30-19)13-26-21(28)23(2,25-22(26)29)9-8-15-6-4-3-5-7-15/h3-7,10-12H,8-9,13H2,1-2H3,(H,25,29)/t23-/m0/s1. The van der Waals surface area contributed by atoms with Gasteiger partial charge in [-0.1, -0.05) is 41.9 Å². The van der Waals surface area contributed by atoms with Crippen LogP contribution in [0.1, 0.15) is 30.0 Å². The molecule has 1 aliphatic rings. The van der Waals surface area contributed by atoms with Crippen LogP contribution in [-0.4, -0.2) is 22.4 Å². The predicted molar refractivity (Wildman–Crippen MR) is 114 cm³/mol. The van der Waals surface area contributed by atoms with E-state index in [0.717, 1.165) is 16.0 Å². The van der Waals surface area contributed by atoms with Crippen molar-refractivity contribution in [1.29, 1.82) is 0 Å². The number of benzene rings is 2. The summed E-state index contributed by atoms with van der Waals surface area (Å²) >= 11 is 6.24. The largest absolute Gasteiger partial charge is 0.423 e. The van der Waals surface area contributed by atoms with Crippen LogP contribution in [0.5, 0.6) is 0 Å². The Morgan fingerprint density at radius 1 is 1.10 bits per heavy atom. The molecule has 4 rings (SSSR count). The van der Waals surface area contributed by atoms with Gasteiger partial charge >= 0.3 is 11.7 Å². The molecule has 30 heavy (non-hydrogen) atoms. The number of carbonyl (C=O) groups excluding carboxylic acids is 2. The second kappa shape index (κ2) is 7.61. The number of urea groups is 1. The summed E-state index contributed by atoms with van der Waals surface area (Å²) in [6.07, 6.45) is 1.13. The molecule has 1 aromatic heterocycles. The minimum Gasteiger partial charge on any atom is -0.423 e. The van der Waals surface area contributed by atoms with Crippen molar-refractivity contribution in [2.24, 2.45) is 0 Å². The zero-order valence-corrected chi connectivity index (χ0v) is 17.5. The number of nitrogens with zero attached hydrogens (tertiary/aromatic N) is 1. The molecule has 0 aliphatic carbocycles. The van der Waals surface area contributed by atoms with Gasteiger partial charge in [0.25, 0.3) is 5.91 Å². The number of nitrogens with one attached hydrogen (secondary N) is 1. The highest BCUT2D eigenvalue weighted by atomic mass is 35.5. The van der Waals surface area contributed by atoms with Gasteiger partial charge in [-0.05, 0) is 55.5 Å². The molecule has 1 aliphatic heterocycles. The minimum absolute atomic E-state index is 0.0346. The van der Waals surface area contributed by atoms with Crippen molar-refractivity contribution >= 4 is 34.5 Å². The highest BCUT2D eigenvalue weighted by molar-refractivity contribution is 6.32. The Balaban J connectivity index is 1.61. The van der Waals surface area contributed by atoms with E-state index in [0.29, 0.717) is 34.4 Å². The molecule has 154 valence electrons. The summed E-state index contributed by atoms with van der Waals surface area (Å²) in [6, 6.07) is 14.0. The summed E-state index contributed by atoms with van der Waals surface area (Å²) in [4.78, 5) is 38.9. The van der Waals surface area contributed by atoms with E-state index >= 15 is 0 Å². The number of rotatable bonds is 5. The van der Waals surface area contributed by atoms with Crippen LogP contribution in [0, 0.1) is 6.92 Å². The summed E-state index contributed by atoms with van der Waals surface area (Å²) in [5.74, 6) is -0.317. The SMILES string of the molecule is Cc1cc2oc(=O)cc(CN3C(=O)N[C@@](C)(CCc4ccccc4)C3=O)c2cc1Cl. The topological polar surface area (TPSA) is 79.6 Å². The third-order valence-corrected chi connectivity index (χ3v) is 5.95. The van der Waals surface area contributed by atoms with Gasteiger partial charge < -0.3 is 9.73 Å². The van der Waals surface area contributed by atoms with Crippen LogP contribution in [0.2, 0.25) is 5.02 Å². The van der Waals surface area contributed by atoms with Crippen LogP contribution in [-0.2, 0) is 17.8 Å². The van der Waals surface area contributed by atoms with Crippen molar-refractivity contribution in [3.8, 4) is 0 Å². The molecular weight excluding hydrogens is 404 g/mol. The van der Waals surface area contributed by atoms with Crippen LogP contribution in [0.3, 0.4) is 0 Å². The van der Waals surface area contributed by atoms with Crippen molar-refractivity contribution in [2.45, 2.75) is 38.8 Å². The van der Waals surface area contributed by atoms with Gasteiger partial charge in [0, 0.05) is 16.5 Å². The summed E-state index contributed by atoms with van der Waals surface area (Å²) in [5, 5.41) is 3.93. The van der Waals surface area contributed by atoms with Crippen LogP contribution in [0.15, 0.2) is 57.7 Å². The lowest BCUT2D eigenvalue weighted by molar-refractivity contribution is -0.131. The predicted octanol–water partition coefficient (Wildman–Crippen LogP) is 4.20. The minimum atomic E-state index is -1.00. The lowest BCUT2D eigenvalue weighted by Gasteiger charge is -2.22. The van der Waals surface area contributed by atoms with E-state index in [-0.39, 0.29) is 12.5 Å². The third kappa shape index (κ3) is 3.71. The fourth-order valence-electron chi connectivity index (χ4n) is 3.75. The number of hydrogen-bond acceptors (Lipinski definition) is 4. The van der Waals surface area contributed by atoms with Gasteiger partial charge in [-0.2, -0.15) is 0 Å². The van der Waals surface area contributed by atoms with Gasteiger partial charge in [0.05, 0.1) is 6.54 Å². The number of hydrogen-bond donors (Lipinski definition) is 1. The first-order valence-electron chi connectivity index (χ1n) is 9.68. The fraction of sp³-hybridized carbons (Fsp3) is 0.261. The molecule has 3 amide bonds. The number of amides is 3. The van der Waals surface area contributed by atoms with Crippen molar-refractivity contribution in [2.75, 3.05) is 0 Å². The smallest absolute Gasteiger partial charge is 0.336 e. The summed E-state index contributed by atoms with van der Waals surface area (Å²) in [7, 11) is 0. The molecule has 2 aromatic carbocycles. The zero-order valence-electron chi connectivity index (χ0n) is 16.7. The second-order valence-corrected chi connectivity index (χ2v) is 8.23. The van der Waals surface area contributed by atoms with Crippen LogP contribution < -0.4 is 10.9 Å². The van der Waals surface area contributed by atoms with Gasteiger partial charge in [-0.25, -0.2) is 9.59 Å². The van der Waals surface area contributed by atoms with E-state index in [1.807, 2.05) is 37.3 Å². The maximum absolute atomic E-state index is 13.1. The molecule has 1 saturated heterocycles. The Morgan fingerprint density at radius 2 is 1.83 bits per heavy atom. The first-order valence-corrected chi connectivity index (χ1v) is 10.1. The molecule has 0 bridgehead atoms. The number of fused-ring (bicyclic) bond motifs is 1. The van der Waals surface area contributed by atoms with Crippen molar-refractivity contribution in [1.82, 2.24) is 10.2 Å². The molecule has 0 unspecified atom stereocenters. The number of halogens is 1. The molecule has 0 spiro atoms. The molecular formula is C23H21ClN2O4. The first-order chi connectivity index (χ1) is 14.3. The molecule has 7 heteroatoms. The van der Waals surface area contributed by atoms with E-state index in [1.54, 1.807) is 19.1 Å². The van der Waals surface area contributed by atoms with Gasteiger partial charge in [-0.15, -0.1) is 0 Å². The summed E-state index contributed by atoms with van der Waals surface area (Å²) in [6.45, 7) is 3.50. The van der Waals surface area contributed by atoms with E-state index in [4.69, 9.17) is 16.0 Å². The molecule has 2 heterocycles. The highest BCUT2D eigenvalue weighted by Crippen LogP contribution is 2.29. The van der Waals surface area contributed by atoms with E-state index < -0.39 is 17.2 Å². The fourth-order valence-corrected chi connectivity index (χ4v) is 3.91. The third-order valence-electron chi connectivity index (χ3n) is 5.54. The molecule has 1 atom stereocenters. The van der Waals surface area contributed by atoms with Gasteiger partial charge in [-0.3, -0.25) is 9.69 Å². The first kappa shape index (κ1) is 20.2. The van der Waals surface area contributed by atoms with Gasteiger partial charge in [0.15, 0.2) is 0 Å². The molecule has 3 aromatic rings. The van der Waals surface area contributed by atoms with E-state index in [9.17, 15) is 14.4 Å². The quantitative estimate of drug-likeness (QED) is 0.491. The van der Waals surface area contributed by atoms with Crippen molar-refractivity contribution < 1.29 is 14.0 Å². The Morgan fingerprint density at radius 3 is 2.57 bits per heavy atom. The van der Waals surface area contributed by atoms with Gasteiger partial charge in [0.1, 0.15) is 11.1 Å². The van der Waals surface area contributed by atoms with Crippen LogP contribution in [0.4, 0.5) is 4.79 Å². The lowest BCUT2D eigenvalue weighted by Crippen LogP contribution is -2.44. The second-order valence-electron chi connectivity index (χ2n) is 7.83. The van der Waals surface area contributed by atoms with E-state index in [1.165, 1.54) is 6.07 Å². The molecule has 6 nitrogen and oxygen atoms in total. The molecule has 1 N–H and O–H groups in total. The van der Waals surface area contributed by atoms with Crippen LogP contribution >= 0.6 is 11.6 Å². The van der Waals surface area contributed by atoms with E-state index in [2.05, 4.69) is 5.32 Å². The monoisotopic (exact) mass is 424 g/mol. The Labute approximate surface area is 178 Å². The Hall–Kier alpha value is -3.12. The maximum Gasteiger partial charge on any atom is 0.336 e. The average Bonchev–Trinajstić information content (AvgIpc) is 2.92. The van der Waals surface area contributed by atoms with Crippen molar-refractivity contribution in [3.05, 3.63) is 80.7 Å².